The lowest BCUT2D eigenvalue weighted by atomic mass is 10.1. The van der Waals surface area contributed by atoms with Gasteiger partial charge in [-0.25, -0.2) is 0 Å². The van der Waals surface area contributed by atoms with Gasteiger partial charge < -0.3 is 20.4 Å². The van der Waals surface area contributed by atoms with Gasteiger partial charge >= 0.3 is 7.60 Å². The molecule has 27 heavy (non-hydrogen) atoms. The van der Waals surface area contributed by atoms with E-state index >= 15 is 0 Å². The van der Waals surface area contributed by atoms with Gasteiger partial charge in [-0.3, -0.25) is 14.2 Å². The first-order valence-corrected chi connectivity index (χ1v) is 11.0. The minimum absolute atomic E-state index is 0.0447. The number of anilines is 2. The molecule has 0 fully saturated rings. The van der Waals surface area contributed by atoms with Crippen LogP contribution in [-0.2, 0) is 9.36 Å². The van der Waals surface area contributed by atoms with E-state index in [0.717, 1.165) is 11.3 Å². The van der Waals surface area contributed by atoms with Crippen LogP contribution in [0.15, 0.2) is 36.4 Å². The van der Waals surface area contributed by atoms with Crippen molar-refractivity contribution in [3.8, 4) is 0 Å². The maximum Gasteiger partial charge on any atom is 0.337 e. The zero-order chi connectivity index (χ0) is 20.2. The van der Waals surface area contributed by atoms with Crippen LogP contribution in [0.2, 0.25) is 4.34 Å². The van der Waals surface area contributed by atoms with Crippen molar-refractivity contribution in [3.05, 3.63) is 45.6 Å². The van der Waals surface area contributed by atoms with Gasteiger partial charge in [-0.1, -0.05) is 25.4 Å². The van der Waals surface area contributed by atoms with Crippen LogP contribution in [-0.4, -0.2) is 27.3 Å². The van der Waals surface area contributed by atoms with Crippen molar-refractivity contribution in [3.63, 3.8) is 0 Å². The number of hydrogen-bond donors (Lipinski definition) is 4. The standard InChI is InChI=1S/C17H20ClN2O5PS/c1-10(2)9-13(26(23,24)25)16(21)19-11-3-5-12(6-4-11)20-17(22)14-7-8-15(18)27-14/h3-8,10,13H,9H2,1-2H3,(H,19,21)(H,20,22)(H2,23,24,25). The van der Waals surface area contributed by atoms with E-state index in [2.05, 4.69) is 10.6 Å². The minimum Gasteiger partial charge on any atom is -0.325 e. The van der Waals surface area contributed by atoms with Crippen molar-refractivity contribution in [1.82, 2.24) is 0 Å². The fourth-order valence-corrected chi connectivity index (χ4v) is 4.34. The van der Waals surface area contributed by atoms with Gasteiger partial charge in [0.2, 0.25) is 5.91 Å². The molecule has 1 aromatic heterocycles. The Kier molecular flexibility index (Phi) is 7.19. The molecule has 146 valence electrons. The summed E-state index contributed by atoms with van der Waals surface area (Å²) >= 11 is 6.97. The average Bonchev–Trinajstić information content (AvgIpc) is 3.00. The summed E-state index contributed by atoms with van der Waals surface area (Å²) in [6.07, 6.45) is 0.0770. The molecule has 1 atom stereocenters. The number of rotatable bonds is 7. The first kappa shape index (κ1) is 21.6. The molecule has 0 bridgehead atoms. The molecule has 0 saturated carbocycles. The Bertz CT molecular complexity index is 862. The number of amides is 2. The van der Waals surface area contributed by atoms with Crippen molar-refractivity contribution < 1.29 is 23.9 Å². The molecule has 0 saturated heterocycles. The molecule has 1 heterocycles. The highest BCUT2D eigenvalue weighted by molar-refractivity contribution is 7.53. The van der Waals surface area contributed by atoms with Gasteiger partial charge in [0.05, 0.1) is 9.21 Å². The average molecular weight is 431 g/mol. The van der Waals surface area contributed by atoms with Crippen molar-refractivity contribution in [2.45, 2.75) is 25.9 Å². The van der Waals surface area contributed by atoms with Gasteiger partial charge in [0.25, 0.3) is 5.91 Å². The molecule has 10 heteroatoms. The van der Waals surface area contributed by atoms with Gasteiger partial charge in [-0.05, 0) is 48.7 Å². The van der Waals surface area contributed by atoms with Crippen LogP contribution in [0, 0.1) is 5.92 Å². The molecule has 0 radical (unpaired) electrons. The van der Waals surface area contributed by atoms with E-state index in [1.54, 1.807) is 50.2 Å². The lowest BCUT2D eigenvalue weighted by Gasteiger charge is -2.19. The van der Waals surface area contributed by atoms with Crippen LogP contribution in [0.1, 0.15) is 29.9 Å². The van der Waals surface area contributed by atoms with Crippen LogP contribution >= 0.6 is 30.5 Å². The lowest BCUT2D eigenvalue weighted by Crippen LogP contribution is -2.29. The summed E-state index contributed by atoms with van der Waals surface area (Å²) in [5.74, 6) is -1.08. The van der Waals surface area contributed by atoms with Gasteiger partial charge in [0, 0.05) is 11.4 Å². The lowest BCUT2D eigenvalue weighted by molar-refractivity contribution is -0.116. The summed E-state index contributed by atoms with van der Waals surface area (Å²) in [6.45, 7) is 3.57. The number of carbonyl (C=O) groups excluding carboxylic acids is 2. The van der Waals surface area contributed by atoms with E-state index in [4.69, 9.17) is 11.6 Å². The molecule has 7 nitrogen and oxygen atoms in total. The Morgan fingerprint density at radius 2 is 1.63 bits per heavy atom. The third-order valence-corrected chi connectivity index (χ3v) is 6.10. The van der Waals surface area contributed by atoms with Crippen LogP contribution in [0.4, 0.5) is 11.4 Å². The predicted octanol–water partition coefficient (Wildman–Crippen LogP) is 4.18. The number of thiophene rings is 1. The second-order valence-corrected chi connectivity index (χ2v) is 9.88. The smallest absolute Gasteiger partial charge is 0.325 e. The zero-order valence-corrected chi connectivity index (χ0v) is 17.1. The molecule has 1 unspecified atom stereocenters. The Labute approximate surface area is 165 Å². The van der Waals surface area contributed by atoms with Gasteiger partial charge in [-0.15, -0.1) is 11.3 Å². The second kappa shape index (κ2) is 8.99. The molecular weight excluding hydrogens is 411 g/mol. The third kappa shape index (κ3) is 6.45. The topological polar surface area (TPSA) is 116 Å². The van der Waals surface area contributed by atoms with Crippen LogP contribution in [0.3, 0.4) is 0 Å². The molecule has 1 aromatic carbocycles. The molecule has 4 N–H and O–H groups in total. The fourth-order valence-electron chi connectivity index (χ4n) is 2.34. The van der Waals surface area contributed by atoms with E-state index < -0.39 is 19.2 Å². The van der Waals surface area contributed by atoms with Gasteiger partial charge in [0.1, 0.15) is 5.66 Å². The van der Waals surface area contributed by atoms with Gasteiger partial charge in [-0.2, -0.15) is 0 Å². The number of nitrogens with one attached hydrogen (secondary N) is 2. The molecule has 0 aliphatic carbocycles. The molecular formula is C17H20ClN2O5PS. The number of carbonyl (C=O) groups is 2. The Balaban J connectivity index is 2.03. The monoisotopic (exact) mass is 430 g/mol. The molecule has 0 aliphatic rings. The summed E-state index contributed by atoms with van der Waals surface area (Å²) in [5.41, 5.74) is -0.518. The maximum absolute atomic E-state index is 12.3. The number of halogens is 1. The summed E-state index contributed by atoms with van der Waals surface area (Å²) in [4.78, 5) is 43.7. The van der Waals surface area contributed by atoms with E-state index in [1.807, 2.05) is 0 Å². The second-order valence-electron chi connectivity index (χ2n) is 6.36. The fraction of sp³-hybridized carbons (Fsp3) is 0.294. The highest BCUT2D eigenvalue weighted by Crippen LogP contribution is 2.44. The molecule has 2 amide bonds. The zero-order valence-electron chi connectivity index (χ0n) is 14.7. The molecule has 2 rings (SSSR count). The van der Waals surface area contributed by atoms with Crippen LogP contribution in [0.5, 0.6) is 0 Å². The Hall–Kier alpha value is -1.70. The van der Waals surface area contributed by atoms with E-state index in [1.165, 1.54) is 0 Å². The minimum atomic E-state index is -4.56. The van der Waals surface area contributed by atoms with Crippen molar-refractivity contribution >= 4 is 53.7 Å². The summed E-state index contributed by atoms with van der Waals surface area (Å²) < 4.78 is 12.1. The number of benzene rings is 1. The van der Waals surface area contributed by atoms with Crippen molar-refractivity contribution in [1.29, 1.82) is 0 Å². The highest BCUT2D eigenvalue weighted by atomic mass is 35.5. The summed E-state index contributed by atoms with van der Waals surface area (Å²) in [6, 6.07) is 9.50. The highest BCUT2D eigenvalue weighted by Gasteiger charge is 2.36. The van der Waals surface area contributed by atoms with Crippen LogP contribution in [0.25, 0.3) is 0 Å². The van der Waals surface area contributed by atoms with E-state index in [0.29, 0.717) is 20.6 Å². The first-order chi connectivity index (χ1) is 12.6. The SMILES string of the molecule is CC(C)CC(C(=O)Nc1ccc(NC(=O)c2ccc(Cl)s2)cc1)P(=O)(O)O. The van der Waals surface area contributed by atoms with E-state index in [-0.39, 0.29) is 18.2 Å². The molecule has 0 aliphatic heterocycles. The Morgan fingerprint density at radius 3 is 2.07 bits per heavy atom. The third-order valence-electron chi connectivity index (χ3n) is 3.61. The molecule has 2 aromatic rings. The normalized spacial score (nSPS) is 12.7. The quantitative estimate of drug-likeness (QED) is 0.492. The summed E-state index contributed by atoms with van der Waals surface area (Å²) in [5, 5.41) is 5.21. The van der Waals surface area contributed by atoms with Crippen molar-refractivity contribution in [2.24, 2.45) is 5.92 Å². The predicted molar refractivity (Wildman–Crippen MR) is 108 cm³/mol. The first-order valence-electron chi connectivity index (χ1n) is 8.09. The maximum atomic E-state index is 12.3. The van der Waals surface area contributed by atoms with Crippen molar-refractivity contribution in [2.75, 3.05) is 10.6 Å². The largest absolute Gasteiger partial charge is 0.337 e. The Morgan fingerprint density at radius 1 is 1.07 bits per heavy atom. The summed E-state index contributed by atoms with van der Waals surface area (Å²) in [7, 11) is -4.56. The van der Waals surface area contributed by atoms with Gasteiger partial charge in [0.15, 0.2) is 0 Å². The molecule has 0 spiro atoms. The van der Waals surface area contributed by atoms with E-state index in [9.17, 15) is 23.9 Å². The number of hydrogen-bond acceptors (Lipinski definition) is 4. The van der Waals surface area contributed by atoms with Crippen LogP contribution < -0.4 is 10.6 Å².